The van der Waals surface area contributed by atoms with E-state index in [2.05, 4.69) is 5.32 Å². The van der Waals surface area contributed by atoms with Gasteiger partial charge in [-0.25, -0.2) is 8.78 Å². The zero-order chi connectivity index (χ0) is 16.3. The Morgan fingerprint density at radius 3 is 2.45 bits per heavy atom. The number of anilines is 1. The molecule has 0 aromatic heterocycles. The van der Waals surface area contributed by atoms with Crippen molar-refractivity contribution in [1.29, 1.82) is 0 Å². The van der Waals surface area contributed by atoms with Gasteiger partial charge in [0.05, 0.1) is 24.9 Å². The number of benzene rings is 2. The summed E-state index contributed by atoms with van der Waals surface area (Å²) in [6.07, 6.45) is 0. The van der Waals surface area contributed by atoms with Crippen LogP contribution >= 0.6 is 11.6 Å². The highest BCUT2D eigenvalue weighted by Crippen LogP contribution is 2.36. The van der Waals surface area contributed by atoms with E-state index in [1.54, 1.807) is 0 Å². The van der Waals surface area contributed by atoms with Gasteiger partial charge in [0.15, 0.2) is 11.5 Å². The Morgan fingerprint density at radius 2 is 1.86 bits per heavy atom. The van der Waals surface area contributed by atoms with Gasteiger partial charge in [-0.05, 0) is 24.3 Å². The number of halogens is 3. The largest absolute Gasteiger partial charge is 0.493 e. The van der Waals surface area contributed by atoms with Gasteiger partial charge in [0, 0.05) is 11.6 Å². The summed E-state index contributed by atoms with van der Waals surface area (Å²) in [5, 5.41) is 2.51. The molecule has 0 saturated carbocycles. The first-order valence-corrected chi connectivity index (χ1v) is 6.52. The molecule has 0 spiro atoms. The predicted molar refractivity (Wildman–Crippen MR) is 78.9 cm³/mol. The molecule has 0 bridgehead atoms. The highest BCUT2D eigenvalue weighted by molar-refractivity contribution is 6.32. The number of carbonyl (C=O) groups is 1. The van der Waals surface area contributed by atoms with Crippen LogP contribution in [0.1, 0.15) is 10.4 Å². The zero-order valence-electron chi connectivity index (χ0n) is 11.7. The van der Waals surface area contributed by atoms with E-state index in [-0.39, 0.29) is 27.8 Å². The molecule has 0 fully saturated rings. The van der Waals surface area contributed by atoms with Crippen molar-refractivity contribution < 1.29 is 23.0 Å². The second kappa shape index (κ2) is 6.62. The minimum atomic E-state index is -0.875. The lowest BCUT2D eigenvalue weighted by Crippen LogP contribution is -2.13. The average Bonchev–Trinajstić information content (AvgIpc) is 2.49. The highest BCUT2D eigenvalue weighted by atomic mass is 35.5. The summed E-state index contributed by atoms with van der Waals surface area (Å²) in [6, 6.07) is 5.61. The van der Waals surface area contributed by atoms with Gasteiger partial charge in [0.2, 0.25) is 0 Å². The van der Waals surface area contributed by atoms with Gasteiger partial charge in [-0.2, -0.15) is 0 Å². The Balaban J connectivity index is 2.31. The van der Waals surface area contributed by atoms with Crippen LogP contribution in [0.15, 0.2) is 30.3 Å². The van der Waals surface area contributed by atoms with Gasteiger partial charge in [0.1, 0.15) is 11.6 Å². The van der Waals surface area contributed by atoms with Crippen molar-refractivity contribution in [2.75, 3.05) is 19.5 Å². The van der Waals surface area contributed by atoms with Crippen molar-refractivity contribution in [2.24, 2.45) is 0 Å². The fourth-order valence-corrected chi connectivity index (χ4v) is 2.12. The molecule has 0 aliphatic heterocycles. The first-order chi connectivity index (χ1) is 10.5. The third kappa shape index (κ3) is 3.28. The lowest BCUT2D eigenvalue weighted by Gasteiger charge is -2.12. The molecule has 0 saturated heterocycles. The minimum Gasteiger partial charge on any atom is -0.493 e. The minimum absolute atomic E-state index is 0.141. The van der Waals surface area contributed by atoms with E-state index >= 15 is 0 Å². The van der Waals surface area contributed by atoms with Crippen molar-refractivity contribution in [3.63, 3.8) is 0 Å². The lowest BCUT2D eigenvalue weighted by atomic mass is 10.1. The Kier molecular flexibility index (Phi) is 4.82. The maximum absolute atomic E-state index is 13.5. The van der Waals surface area contributed by atoms with Crippen molar-refractivity contribution in [3.05, 3.63) is 52.6 Å². The summed E-state index contributed by atoms with van der Waals surface area (Å²) in [7, 11) is 2.81. The summed E-state index contributed by atoms with van der Waals surface area (Å²) in [5.41, 5.74) is 0.00341. The molecule has 0 aliphatic rings. The number of nitrogens with one attached hydrogen (secondary N) is 1. The molecular formula is C15H12ClF2NO3. The van der Waals surface area contributed by atoms with Crippen LogP contribution < -0.4 is 14.8 Å². The van der Waals surface area contributed by atoms with Gasteiger partial charge in [-0.15, -0.1) is 0 Å². The molecule has 1 N–H and O–H groups in total. The van der Waals surface area contributed by atoms with Crippen LogP contribution in [0, 0.1) is 11.6 Å². The van der Waals surface area contributed by atoms with Gasteiger partial charge >= 0.3 is 0 Å². The Labute approximate surface area is 130 Å². The number of methoxy groups -OCH3 is 2. The number of amides is 1. The van der Waals surface area contributed by atoms with Crippen LogP contribution in [0.25, 0.3) is 0 Å². The number of ether oxygens (including phenoxy) is 2. The van der Waals surface area contributed by atoms with E-state index in [4.69, 9.17) is 21.1 Å². The number of hydrogen-bond acceptors (Lipinski definition) is 3. The molecule has 0 aliphatic carbocycles. The van der Waals surface area contributed by atoms with Gasteiger partial charge < -0.3 is 14.8 Å². The molecule has 22 heavy (non-hydrogen) atoms. The molecular weight excluding hydrogens is 316 g/mol. The first-order valence-electron chi connectivity index (χ1n) is 6.14. The highest BCUT2D eigenvalue weighted by Gasteiger charge is 2.16. The monoisotopic (exact) mass is 327 g/mol. The third-order valence-electron chi connectivity index (χ3n) is 2.88. The quantitative estimate of drug-likeness (QED) is 0.926. The standard InChI is InChI=1S/C15H12ClF2NO3/c1-21-13-6-8(5-10(16)14(13)22-2)15(20)19-12-4-3-9(17)7-11(12)18/h3-7H,1-2H3,(H,19,20). The maximum Gasteiger partial charge on any atom is 0.255 e. The molecule has 7 heteroatoms. The van der Waals surface area contributed by atoms with Crippen LogP contribution in [-0.4, -0.2) is 20.1 Å². The summed E-state index contributed by atoms with van der Waals surface area (Å²) in [4.78, 5) is 12.1. The Morgan fingerprint density at radius 1 is 1.14 bits per heavy atom. The topological polar surface area (TPSA) is 47.6 Å². The molecule has 1 amide bonds. The lowest BCUT2D eigenvalue weighted by molar-refractivity contribution is 0.102. The second-order valence-corrected chi connectivity index (χ2v) is 4.68. The number of hydrogen-bond donors (Lipinski definition) is 1. The first kappa shape index (κ1) is 16.0. The summed E-state index contributed by atoms with van der Waals surface area (Å²) in [5.74, 6) is -1.67. The number of rotatable bonds is 4. The molecule has 0 heterocycles. The fourth-order valence-electron chi connectivity index (χ4n) is 1.83. The van der Waals surface area contributed by atoms with Gasteiger partial charge in [0.25, 0.3) is 5.91 Å². The van der Waals surface area contributed by atoms with Crippen molar-refractivity contribution in [2.45, 2.75) is 0 Å². The predicted octanol–water partition coefficient (Wildman–Crippen LogP) is 3.89. The third-order valence-corrected chi connectivity index (χ3v) is 3.16. The maximum atomic E-state index is 13.5. The number of carbonyl (C=O) groups excluding carboxylic acids is 1. The smallest absolute Gasteiger partial charge is 0.255 e. The fraction of sp³-hybridized carbons (Fsp3) is 0.133. The van der Waals surface area contributed by atoms with E-state index in [0.29, 0.717) is 6.07 Å². The van der Waals surface area contributed by atoms with E-state index < -0.39 is 17.5 Å². The molecule has 2 aromatic carbocycles. The van der Waals surface area contributed by atoms with Crippen LogP contribution in [0.3, 0.4) is 0 Å². The van der Waals surface area contributed by atoms with Crippen LogP contribution in [0.5, 0.6) is 11.5 Å². The van der Waals surface area contributed by atoms with E-state index in [1.165, 1.54) is 26.4 Å². The van der Waals surface area contributed by atoms with E-state index in [9.17, 15) is 13.6 Å². The van der Waals surface area contributed by atoms with Crippen molar-refractivity contribution in [1.82, 2.24) is 0 Å². The van der Waals surface area contributed by atoms with Gasteiger partial charge in [-0.3, -0.25) is 4.79 Å². The summed E-state index contributed by atoms with van der Waals surface area (Å²) in [6.45, 7) is 0. The zero-order valence-corrected chi connectivity index (χ0v) is 12.5. The second-order valence-electron chi connectivity index (χ2n) is 4.27. The molecule has 2 rings (SSSR count). The molecule has 2 aromatic rings. The van der Waals surface area contributed by atoms with Crippen LogP contribution in [0.4, 0.5) is 14.5 Å². The summed E-state index contributed by atoms with van der Waals surface area (Å²) >= 11 is 6.00. The van der Waals surface area contributed by atoms with Crippen LogP contribution in [0.2, 0.25) is 5.02 Å². The SMILES string of the molecule is COc1cc(C(=O)Nc2ccc(F)cc2F)cc(Cl)c1OC. The summed E-state index contributed by atoms with van der Waals surface area (Å²) < 4.78 is 36.5. The Bertz CT molecular complexity index is 722. The Hall–Kier alpha value is -2.34. The van der Waals surface area contributed by atoms with Gasteiger partial charge in [-0.1, -0.05) is 11.6 Å². The van der Waals surface area contributed by atoms with Crippen LogP contribution in [-0.2, 0) is 0 Å². The molecule has 116 valence electrons. The van der Waals surface area contributed by atoms with Crippen molar-refractivity contribution >= 4 is 23.2 Å². The van der Waals surface area contributed by atoms with Crippen molar-refractivity contribution in [3.8, 4) is 11.5 Å². The molecule has 4 nitrogen and oxygen atoms in total. The normalized spacial score (nSPS) is 10.2. The molecule has 0 unspecified atom stereocenters. The average molecular weight is 328 g/mol. The molecule has 0 atom stereocenters. The van der Waals surface area contributed by atoms with E-state index in [0.717, 1.165) is 12.1 Å². The molecule has 0 radical (unpaired) electrons. The van der Waals surface area contributed by atoms with E-state index in [1.807, 2.05) is 0 Å².